The Morgan fingerprint density at radius 3 is 2.12 bits per heavy atom. The Hall–Kier alpha value is -2.19. The van der Waals surface area contributed by atoms with Gasteiger partial charge < -0.3 is 4.74 Å². The Labute approximate surface area is 141 Å². The van der Waals surface area contributed by atoms with Crippen LogP contribution in [-0.4, -0.2) is 14.8 Å². The van der Waals surface area contributed by atoms with E-state index in [0.29, 0.717) is 10.6 Å². The molecule has 2 aromatic carbocycles. The Bertz CT molecular complexity index is 817. The third-order valence-electron chi connectivity index (χ3n) is 2.66. The zero-order valence-electron chi connectivity index (χ0n) is 11.9. The molecule has 0 atom stereocenters. The van der Waals surface area contributed by atoms with E-state index in [1.165, 1.54) is 6.08 Å². The molecule has 0 aliphatic rings. The molecule has 0 spiro atoms. The topological polar surface area (TPSA) is 55.4 Å². The minimum absolute atomic E-state index is 0.102. The summed E-state index contributed by atoms with van der Waals surface area (Å²) < 4.78 is 65.9. The average molecular weight is 378 g/mol. The van der Waals surface area contributed by atoms with E-state index in [4.69, 9.17) is 11.6 Å². The fraction of sp³-hybridized carbons (Fsp3) is 0.0667. The van der Waals surface area contributed by atoms with Gasteiger partial charge in [0.2, 0.25) is 0 Å². The van der Waals surface area contributed by atoms with Crippen LogP contribution in [0, 0.1) is 0 Å². The van der Waals surface area contributed by atoms with Crippen molar-refractivity contribution in [3.8, 4) is 5.75 Å². The number of hydrogen-bond donors (Lipinski definition) is 1. The van der Waals surface area contributed by atoms with Crippen molar-refractivity contribution in [2.45, 2.75) is 6.36 Å². The number of anilines is 1. The number of benzene rings is 2. The summed E-state index contributed by atoms with van der Waals surface area (Å²) in [5.74, 6) is -0.442. The molecule has 0 unspecified atom stereocenters. The smallest absolute Gasteiger partial charge is 0.406 e. The normalized spacial score (nSPS) is 12.3. The van der Waals surface area contributed by atoms with E-state index in [1.807, 2.05) is 0 Å². The first kappa shape index (κ1) is 18.2. The van der Waals surface area contributed by atoms with Crippen molar-refractivity contribution in [1.82, 2.24) is 0 Å². The second-order valence-corrected chi connectivity index (χ2v) is 6.58. The average Bonchev–Trinajstić information content (AvgIpc) is 2.47. The lowest BCUT2D eigenvalue weighted by Crippen LogP contribution is -2.17. The molecule has 1 N–H and O–H groups in total. The molecule has 0 amide bonds. The molecular formula is C15H11ClF3NO3S. The van der Waals surface area contributed by atoms with Crippen LogP contribution >= 0.6 is 11.6 Å². The quantitative estimate of drug-likeness (QED) is 0.825. The summed E-state index contributed by atoms with van der Waals surface area (Å²) in [5.41, 5.74) is 0.726. The molecule has 0 radical (unpaired) electrons. The molecule has 128 valence electrons. The second kappa shape index (κ2) is 7.14. The number of halogens is 4. The molecule has 0 saturated carbocycles. The highest BCUT2D eigenvalue weighted by atomic mass is 35.5. The van der Waals surface area contributed by atoms with Crippen molar-refractivity contribution in [2.75, 3.05) is 4.72 Å². The van der Waals surface area contributed by atoms with E-state index in [1.54, 1.807) is 24.3 Å². The Kier molecular flexibility index (Phi) is 5.40. The molecule has 0 saturated heterocycles. The number of alkyl halides is 3. The van der Waals surface area contributed by atoms with Gasteiger partial charge in [0.25, 0.3) is 10.0 Å². The van der Waals surface area contributed by atoms with Crippen molar-refractivity contribution < 1.29 is 26.3 Å². The molecule has 24 heavy (non-hydrogen) atoms. The molecule has 0 aromatic heterocycles. The fourth-order valence-electron chi connectivity index (χ4n) is 1.66. The van der Waals surface area contributed by atoms with Gasteiger partial charge in [0, 0.05) is 10.7 Å². The van der Waals surface area contributed by atoms with E-state index in [-0.39, 0.29) is 5.69 Å². The minimum Gasteiger partial charge on any atom is -0.406 e. The molecule has 9 heteroatoms. The zero-order valence-corrected chi connectivity index (χ0v) is 13.5. The summed E-state index contributed by atoms with van der Waals surface area (Å²) in [7, 11) is -3.82. The maximum Gasteiger partial charge on any atom is 0.573 e. The van der Waals surface area contributed by atoms with E-state index in [2.05, 4.69) is 9.46 Å². The van der Waals surface area contributed by atoms with E-state index >= 15 is 0 Å². The molecule has 0 aliphatic carbocycles. The Morgan fingerprint density at radius 1 is 1.00 bits per heavy atom. The van der Waals surface area contributed by atoms with Crippen LogP contribution in [0.3, 0.4) is 0 Å². The lowest BCUT2D eigenvalue weighted by molar-refractivity contribution is -0.274. The van der Waals surface area contributed by atoms with Crippen molar-refractivity contribution >= 4 is 33.4 Å². The highest BCUT2D eigenvalue weighted by Gasteiger charge is 2.30. The van der Waals surface area contributed by atoms with Gasteiger partial charge in [-0.3, -0.25) is 4.72 Å². The van der Waals surface area contributed by atoms with Gasteiger partial charge in [0.1, 0.15) is 5.75 Å². The molecule has 0 bridgehead atoms. The highest BCUT2D eigenvalue weighted by molar-refractivity contribution is 7.95. The summed E-state index contributed by atoms with van der Waals surface area (Å²) in [6.07, 6.45) is -3.44. The summed E-state index contributed by atoms with van der Waals surface area (Å²) in [5, 5.41) is 1.46. The van der Waals surface area contributed by atoms with Crippen LogP contribution in [0.15, 0.2) is 53.9 Å². The Morgan fingerprint density at radius 2 is 1.58 bits per heavy atom. The third kappa shape index (κ3) is 6.13. The van der Waals surface area contributed by atoms with Gasteiger partial charge in [-0.15, -0.1) is 13.2 Å². The standard InChI is InChI=1S/C15H11ClF3NO3S/c16-12-3-1-11(2-4-12)9-10-24(21,22)20-13-5-7-14(8-6-13)23-15(17,18)19/h1-10,20H/b10-9+. The van der Waals surface area contributed by atoms with Crippen LogP contribution in [0.1, 0.15) is 5.56 Å². The van der Waals surface area contributed by atoms with Crippen LogP contribution in [0.4, 0.5) is 18.9 Å². The summed E-state index contributed by atoms with van der Waals surface area (Å²) in [6.45, 7) is 0. The molecule has 4 nitrogen and oxygen atoms in total. The van der Waals surface area contributed by atoms with Gasteiger partial charge in [-0.1, -0.05) is 23.7 Å². The van der Waals surface area contributed by atoms with Crippen molar-refractivity contribution in [3.05, 3.63) is 64.5 Å². The van der Waals surface area contributed by atoms with Crippen molar-refractivity contribution in [2.24, 2.45) is 0 Å². The fourth-order valence-corrected chi connectivity index (χ4v) is 2.66. The number of rotatable bonds is 5. The maximum atomic E-state index is 12.0. The van der Waals surface area contributed by atoms with Crippen LogP contribution < -0.4 is 9.46 Å². The largest absolute Gasteiger partial charge is 0.573 e. The van der Waals surface area contributed by atoms with E-state index in [9.17, 15) is 21.6 Å². The maximum absolute atomic E-state index is 12.0. The second-order valence-electron chi connectivity index (χ2n) is 4.57. The van der Waals surface area contributed by atoms with Gasteiger partial charge in [0.05, 0.1) is 5.41 Å². The molecule has 0 aliphatic heterocycles. The Balaban J connectivity index is 2.04. The molecule has 0 heterocycles. The number of sulfonamides is 1. The van der Waals surface area contributed by atoms with Gasteiger partial charge in [-0.2, -0.15) is 0 Å². The first-order chi connectivity index (χ1) is 11.1. The van der Waals surface area contributed by atoms with Crippen LogP contribution in [0.25, 0.3) is 6.08 Å². The monoisotopic (exact) mass is 377 g/mol. The first-order valence-corrected chi connectivity index (χ1v) is 8.38. The van der Waals surface area contributed by atoms with Crippen LogP contribution in [0.5, 0.6) is 5.75 Å². The summed E-state index contributed by atoms with van der Waals surface area (Å²) >= 11 is 5.73. The van der Waals surface area contributed by atoms with Gasteiger partial charge in [-0.05, 0) is 48.0 Å². The SMILES string of the molecule is O=S(=O)(/C=C/c1ccc(Cl)cc1)Nc1ccc(OC(F)(F)F)cc1. The summed E-state index contributed by atoms with van der Waals surface area (Å²) in [6, 6.07) is 10.8. The van der Waals surface area contributed by atoms with Crippen molar-refractivity contribution in [3.63, 3.8) is 0 Å². The van der Waals surface area contributed by atoms with Crippen molar-refractivity contribution in [1.29, 1.82) is 0 Å². The minimum atomic E-state index is -4.80. The summed E-state index contributed by atoms with van der Waals surface area (Å²) in [4.78, 5) is 0. The van der Waals surface area contributed by atoms with Gasteiger partial charge in [0.15, 0.2) is 0 Å². The molecule has 2 rings (SSSR count). The first-order valence-electron chi connectivity index (χ1n) is 6.45. The zero-order chi connectivity index (χ0) is 17.8. The molecule has 0 fully saturated rings. The predicted octanol–water partition coefficient (Wildman–Crippen LogP) is 4.65. The molecular weight excluding hydrogens is 367 g/mol. The highest BCUT2D eigenvalue weighted by Crippen LogP contribution is 2.24. The van der Waals surface area contributed by atoms with E-state index in [0.717, 1.165) is 29.7 Å². The van der Waals surface area contributed by atoms with Crippen LogP contribution in [0.2, 0.25) is 5.02 Å². The lowest BCUT2D eigenvalue weighted by atomic mass is 10.2. The number of ether oxygens (including phenoxy) is 1. The molecule has 2 aromatic rings. The van der Waals surface area contributed by atoms with E-state index < -0.39 is 22.1 Å². The lowest BCUT2D eigenvalue weighted by Gasteiger charge is -2.09. The third-order valence-corrected chi connectivity index (χ3v) is 3.92. The van der Waals surface area contributed by atoms with Gasteiger partial charge >= 0.3 is 6.36 Å². The van der Waals surface area contributed by atoms with Crippen LogP contribution in [-0.2, 0) is 10.0 Å². The van der Waals surface area contributed by atoms with Gasteiger partial charge in [-0.25, -0.2) is 8.42 Å². The number of nitrogens with one attached hydrogen (secondary N) is 1. The number of hydrogen-bond acceptors (Lipinski definition) is 3. The predicted molar refractivity (Wildman–Crippen MR) is 86.2 cm³/mol.